The number of carbonyl (C=O) groups excluding carboxylic acids is 1. The minimum absolute atomic E-state index is 0.0827. The molecule has 2 amide bonds. The first-order valence-corrected chi connectivity index (χ1v) is 7.05. The standard InChI is InChI=1S/C16H18N2O3/c1-4-9-18-15(19)17-12-10-16(18,3)21-14-11(12)7-6-8-13(14)20-5-2/h1,6-8,12H,5,9-10H2,2-3H3,(H,17,19). The fraction of sp³-hybridized carbons (Fsp3) is 0.438. The van der Waals surface area contributed by atoms with Crippen LogP contribution in [-0.2, 0) is 0 Å². The Morgan fingerprint density at radius 2 is 2.43 bits per heavy atom. The third-order valence-corrected chi connectivity index (χ3v) is 3.95. The SMILES string of the molecule is C#CCN1C(=O)NC2CC1(C)Oc1c(OCC)cccc12. The lowest BCUT2D eigenvalue weighted by molar-refractivity contribution is -0.0794. The van der Waals surface area contributed by atoms with Crippen LogP contribution in [0.3, 0.4) is 0 Å². The summed E-state index contributed by atoms with van der Waals surface area (Å²) in [5, 5.41) is 2.99. The van der Waals surface area contributed by atoms with Gasteiger partial charge < -0.3 is 14.8 Å². The second-order valence-electron chi connectivity index (χ2n) is 5.38. The molecule has 21 heavy (non-hydrogen) atoms. The Morgan fingerprint density at radius 1 is 1.62 bits per heavy atom. The van der Waals surface area contributed by atoms with Crippen molar-refractivity contribution in [2.24, 2.45) is 0 Å². The lowest BCUT2D eigenvalue weighted by Crippen LogP contribution is -2.64. The molecule has 1 N–H and O–H groups in total. The number of hydrogen-bond acceptors (Lipinski definition) is 3. The van der Waals surface area contributed by atoms with Crippen molar-refractivity contribution in [3.05, 3.63) is 23.8 Å². The zero-order valence-corrected chi connectivity index (χ0v) is 12.2. The number of rotatable bonds is 3. The Labute approximate surface area is 124 Å². The molecule has 2 heterocycles. The van der Waals surface area contributed by atoms with Gasteiger partial charge in [-0.15, -0.1) is 6.42 Å². The van der Waals surface area contributed by atoms with Crippen LogP contribution < -0.4 is 14.8 Å². The third-order valence-electron chi connectivity index (χ3n) is 3.95. The molecule has 0 saturated carbocycles. The second kappa shape index (κ2) is 4.88. The Bertz CT molecular complexity index is 622. The van der Waals surface area contributed by atoms with Crippen molar-refractivity contribution in [2.45, 2.75) is 32.0 Å². The van der Waals surface area contributed by atoms with Gasteiger partial charge in [0.15, 0.2) is 17.2 Å². The fourth-order valence-electron chi connectivity index (χ4n) is 3.00. The lowest BCUT2D eigenvalue weighted by atomic mass is 9.90. The second-order valence-corrected chi connectivity index (χ2v) is 5.38. The van der Waals surface area contributed by atoms with Gasteiger partial charge in [0, 0.05) is 12.0 Å². The van der Waals surface area contributed by atoms with Gasteiger partial charge >= 0.3 is 6.03 Å². The van der Waals surface area contributed by atoms with E-state index in [1.54, 1.807) is 4.90 Å². The molecular weight excluding hydrogens is 268 g/mol. The first-order chi connectivity index (χ1) is 10.1. The van der Waals surface area contributed by atoms with E-state index in [1.807, 2.05) is 32.0 Å². The highest BCUT2D eigenvalue weighted by molar-refractivity contribution is 5.78. The van der Waals surface area contributed by atoms with Crippen LogP contribution in [0, 0.1) is 12.3 Å². The Kier molecular flexibility index (Phi) is 3.17. The van der Waals surface area contributed by atoms with Crippen LogP contribution in [0.25, 0.3) is 0 Å². The summed E-state index contributed by atoms with van der Waals surface area (Å²) in [5.41, 5.74) is 0.201. The summed E-state index contributed by atoms with van der Waals surface area (Å²) in [7, 11) is 0. The van der Waals surface area contributed by atoms with Gasteiger partial charge in [-0.1, -0.05) is 18.1 Å². The number of nitrogens with one attached hydrogen (secondary N) is 1. The Morgan fingerprint density at radius 3 is 3.14 bits per heavy atom. The van der Waals surface area contributed by atoms with E-state index in [1.165, 1.54) is 0 Å². The first kappa shape index (κ1) is 13.6. The monoisotopic (exact) mass is 286 g/mol. The molecule has 0 aliphatic carbocycles. The van der Waals surface area contributed by atoms with Gasteiger partial charge in [0.1, 0.15) is 0 Å². The van der Waals surface area contributed by atoms with Crippen LogP contribution in [0.2, 0.25) is 0 Å². The largest absolute Gasteiger partial charge is 0.490 e. The number of terminal acetylenes is 1. The third kappa shape index (κ3) is 2.07. The summed E-state index contributed by atoms with van der Waals surface area (Å²) < 4.78 is 11.8. The van der Waals surface area contributed by atoms with Gasteiger partial charge in [0.2, 0.25) is 0 Å². The average molecular weight is 286 g/mol. The molecule has 5 heteroatoms. The molecule has 110 valence electrons. The van der Waals surface area contributed by atoms with E-state index in [-0.39, 0.29) is 18.6 Å². The topological polar surface area (TPSA) is 50.8 Å². The molecule has 2 aliphatic heterocycles. The summed E-state index contributed by atoms with van der Waals surface area (Å²) in [5.74, 6) is 3.91. The van der Waals surface area contributed by atoms with E-state index >= 15 is 0 Å². The zero-order chi connectivity index (χ0) is 15.0. The van der Waals surface area contributed by atoms with E-state index in [2.05, 4.69) is 11.2 Å². The van der Waals surface area contributed by atoms with E-state index in [0.717, 1.165) is 5.56 Å². The molecule has 5 nitrogen and oxygen atoms in total. The molecular formula is C16H18N2O3. The van der Waals surface area contributed by atoms with Crippen LogP contribution >= 0.6 is 0 Å². The normalized spacial score (nSPS) is 26.2. The zero-order valence-electron chi connectivity index (χ0n) is 12.2. The average Bonchev–Trinajstić information content (AvgIpc) is 2.44. The van der Waals surface area contributed by atoms with Crippen molar-refractivity contribution in [3.63, 3.8) is 0 Å². The quantitative estimate of drug-likeness (QED) is 0.867. The molecule has 0 aromatic heterocycles. The molecule has 1 fully saturated rings. The predicted octanol–water partition coefficient (Wildman–Crippen LogP) is 2.28. The fourth-order valence-corrected chi connectivity index (χ4v) is 3.00. The molecule has 2 atom stereocenters. The lowest BCUT2D eigenvalue weighted by Gasteiger charge is -2.50. The molecule has 0 radical (unpaired) electrons. The van der Waals surface area contributed by atoms with Crippen molar-refractivity contribution in [3.8, 4) is 23.8 Å². The smallest absolute Gasteiger partial charge is 0.321 e. The summed E-state index contributed by atoms with van der Waals surface area (Å²) in [6, 6.07) is 5.47. The maximum atomic E-state index is 12.2. The van der Waals surface area contributed by atoms with Gasteiger partial charge in [-0.05, 0) is 19.9 Å². The number of fused-ring (bicyclic) bond motifs is 4. The first-order valence-electron chi connectivity index (χ1n) is 7.05. The van der Waals surface area contributed by atoms with Crippen LogP contribution in [0.4, 0.5) is 4.79 Å². The van der Waals surface area contributed by atoms with Gasteiger partial charge in [-0.25, -0.2) is 4.79 Å². The van der Waals surface area contributed by atoms with Crippen molar-refractivity contribution >= 4 is 6.03 Å². The highest BCUT2D eigenvalue weighted by Crippen LogP contribution is 2.47. The minimum atomic E-state index is -0.750. The van der Waals surface area contributed by atoms with E-state index in [9.17, 15) is 4.79 Å². The van der Waals surface area contributed by atoms with Gasteiger partial charge in [0.05, 0.1) is 19.2 Å². The minimum Gasteiger partial charge on any atom is -0.490 e. The van der Waals surface area contributed by atoms with Crippen molar-refractivity contribution < 1.29 is 14.3 Å². The molecule has 1 aromatic rings. The van der Waals surface area contributed by atoms with E-state index in [0.29, 0.717) is 24.5 Å². The van der Waals surface area contributed by atoms with E-state index in [4.69, 9.17) is 15.9 Å². The molecule has 0 spiro atoms. The van der Waals surface area contributed by atoms with Crippen molar-refractivity contribution in [2.75, 3.05) is 13.2 Å². The molecule has 2 bridgehead atoms. The molecule has 2 unspecified atom stereocenters. The van der Waals surface area contributed by atoms with Crippen LogP contribution in [0.1, 0.15) is 31.9 Å². The summed E-state index contributed by atoms with van der Waals surface area (Å²) in [4.78, 5) is 13.8. The summed E-state index contributed by atoms with van der Waals surface area (Å²) in [6.07, 6.45) is 6.03. The molecule has 3 rings (SSSR count). The van der Waals surface area contributed by atoms with E-state index < -0.39 is 5.72 Å². The van der Waals surface area contributed by atoms with Gasteiger partial charge in [0.25, 0.3) is 0 Å². The van der Waals surface area contributed by atoms with Crippen LogP contribution in [0.15, 0.2) is 18.2 Å². The number of nitrogens with zero attached hydrogens (tertiary/aromatic N) is 1. The highest BCUT2D eigenvalue weighted by atomic mass is 16.5. The van der Waals surface area contributed by atoms with Crippen molar-refractivity contribution in [1.29, 1.82) is 0 Å². The molecule has 1 saturated heterocycles. The number of urea groups is 1. The molecule has 2 aliphatic rings. The Balaban J connectivity index is 2.06. The summed E-state index contributed by atoms with van der Waals surface area (Å²) >= 11 is 0. The van der Waals surface area contributed by atoms with Crippen LogP contribution in [0.5, 0.6) is 11.5 Å². The number of benzene rings is 1. The van der Waals surface area contributed by atoms with Crippen molar-refractivity contribution in [1.82, 2.24) is 10.2 Å². The number of hydrogen-bond donors (Lipinski definition) is 1. The summed E-state index contributed by atoms with van der Waals surface area (Å²) in [6.45, 7) is 4.59. The number of para-hydroxylation sites is 1. The van der Waals surface area contributed by atoms with Crippen LogP contribution in [-0.4, -0.2) is 29.8 Å². The Hall–Kier alpha value is -2.35. The number of carbonyl (C=O) groups is 1. The number of ether oxygens (including phenoxy) is 2. The predicted molar refractivity (Wildman–Crippen MR) is 78.1 cm³/mol. The molecule has 1 aromatic carbocycles. The van der Waals surface area contributed by atoms with Gasteiger partial charge in [-0.2, -0.15) is 0 Å². The maximum absolute atomic E-state index is 12.2. The maximum Gasteiger partial charge on any atom is 0.321 e. The highest BCUT2D eigenvalue weighted by Gasteiger charge is 2.49. The number of amides is 2. The van der Waals surface area contributed by atoms with Gasteiger partial charge in [-0.3, -0.25) is 4.90 Å².